The van der Waals surface area contributed by atoms with Crippen LogP contribution in [0.4, 0.5) is 0 Å². The van der Waals surface area contributed by atoms with Crippen LogP contribution in [-0.4, -0.2) is 23.9 Å². The lowest BCUT2D eigenvalue weighted by Crippen LogP contribution is -2.37. The molecule has 1 heterocycles. The second-order valence-corrected chi connectivity index (χ2v) is 8.75. The summed E-state index contributed by atoms with van der Waals surface area (Å²) in [7, 11) is 0. The minimum absolute atomic E-state index is 0.274. The quantitative estimate of drug-likeness (QED) is 0.496. The first-order valence-electron chi connectivity index (χ1n) is 10.5. The Kier molecular flexibility index (Phi) is 5.00. The number of carbonyl (C=O) groups excluding carboxylic acids is 1. The highest BCUT2D eigenvalue weighted by molar-refractivity contribution is 6.30. The molecule has 152 valence electrons. The summed E-state index contributed by atoms with van der Waals surface area (Å²) in [6, 6.07) is 25.9. The molecule has 1 aliphatic heterocycles. The van der Waals surface area contributed by atoms with E-state index in [4.69, 9.17) is 16.3 Å². The van der Waals surface area contributed by atoms with Gasteiger partial charge in [-0.05, 0) is 66.8 Å². The summed E-state index contributed by atoms with van der Waals surface area (Å²) in [5.74, 6) is 2.31. The van der Waals surface area contributed by atoms with E-state index in [0.717, 1.165) is 49.4 Å². The maximum Gasteiger partial charge on any atom is 0.233 e. The van der Waals surface area contributed by atoms with Crippen LogP contribution in [0.15, 0.2) is 78.9 Å². The molecule has 1 aliphatic carbocycles. The topological polar surface area (TPSA) is 29.5 Å². The van der Waals surface area contributed by atoms with Crippen molar-refractivity contribution in [2.75, 3.05) is 13.1 Å². The Bertz CT molecular complexity index is 1030. The molecular weight excluding hydrogens is 394 g/mol. The van der Waals surface area contributed by atoms with Crippen molar-refractivity contribution in [2.45, 2.75) is 30.6 Å². The van der Waals surface area contributed by atoms with Crippen molar-refractivity contribution in [3.63, 3.8) is 0 Å². The molecule has 30 heavy (non-hydrogen) atoms. The highest BCUT2D eigenvalue weighted by Gasteiger charge is 2.53. The summed E-state index contributed by atoms with van der Waals surface area (Å²) in [6.45, 7) is 1.61. The Morgan fingerprint density at radius 3 is 2.23 bits per heavy atom. The van der Waals surface area contributed by atoms with Crippen molar-refractivity contribution >= 4 is 17.5 Å². The molecule has 3 aromatic rings. The summed E-state index contributed by atoms with van der Waals surface area (Å²) in [6.07, 6.45) is 2.86. The Balaban J connectivity index is 1.24. The van der Waals surface area contributed by atoms with E-state index in [1.54, 1.807) is 0 Å². The fourth-order valence-corrected chi connectivity index (χ4v) is 4.60. The number of ether oxygens (including phenoxy) is 1. The average Bonchev–Trinajstić information content (AvgIpc) is 3.44. The van der Waals surface area contributed by atoms with Gasteiger partial charge in [0.05, 0.1) is 5.41 Å². The lowest BCUT2D eigenvalue weighted by Gasteiger charge is -2.24. The van der Waals surface area contributed by atoms with E-state index in [-0.39, 0.29) is 11.3 Å². The van der Waals surface area contributed by atoms with Gasteiger partial charge in [0, 0.05) is 24.0 Å². The normalized spacial score (nSPS) is 19.5. The van der Waals surface area contributed by atoms with Gasteiger partial charge in [-0.1, -0.05) is 54.1 Å². The van der Waals surface area contributed by atoms with Gasteiger partial charge >= 0.3 is 0 Å². The van der Waals surface area contributed by atoms with Crippen molar-refractivity contribution < 1.29 is 9.53 Å². The van der Waals surface area contributed by atoms with E-state index in [1.165, 1.54) is 5.56 Å². The van der Waals surface area contributed by atoms with Crippen molar-refractivity contribution in [1.82, 2.24) is 4.90 Å². The van der Waals surface area contributed by atoms with E-state index < -0.39 is 0 Å². The molecule has 0 radical (unpaired) electrons. The van der Waals surface area contributed by atoms with Crippen molar-refractivity contribution in [2.24, 2.45) is 0 Å². The molecule has 1 saturated carbocycles. The minimum atomic E-state index is -0.327. The Hall–Kier alpha value is -2.78. The summed E-state index contributed by atoms with van der Waals surface area (Å²) in [5.41, 5.74) is 2.04. The second-order valence-electron chi connectivity index (χ2n) is 8.31. The van der Waals surface area contributed by atoms with Crippen LogP contribution in [0.3, 0.4) is 0 Å². The van der Waals surface area contributed by atoms with E-state index in [9.17, 15) is 4.79 Å². The molecule has 1 amide bonds. The molecule has 1 saturated heterocycles. The summed E-state index contributed by atoms with van der Waals surface area (Å²) in [5, 5.41) is 0.711. The first-order valence-corrected chi connectivity index (χ1v) is 10.9. The summed E-state index contributed by atoms with van der Waals surface area (Å²) < 4.78 is 5.89. The highest BCUT2D eigenvalue weighted by Crippen LogP contribution is 2.50. The molecule has 1 atom stereocenters. The number of nitrogens with zero attached hydrogens (tertiary/aromatic N) is 1. The lowest BCUT2D eigenvalue weighted by molar-refractivity contribution is -0.132. The number of hydrogen-bond acceptors (Lipinski definition) is 2. The smallest absolute Gasteiger partial charge is 0.233 e. The maximum absolute atomic E-state index is 13.3. The van der Waals surface area contributed by atoms with Crippen LogP contribution in [0, 0.1) is 0 Å². The highest BCUT2D eigenvalue weighted by atomic mass is 35.5. The third kappa shape index (κ3) is 3.70. The van der Waals surface area contributed by atoms with Crippen LogP contribution in [0.2, 0.25) is 5.02 Å². The fraction of sp³-hybridized carbons (Fsp3) is 0.269. The molecule has 2 aliphatic rings. The Morgan fingerprint density at radius 2 is 1.57 bits per heavy atom. The third-order valence-electron chi connectivity index (χ3n) is 6.36. The largest absolute Gasteiger partial charge is 0.457 e. The number of halogens is 1. The molecule has 0 spiro atoms. The van der Waals surface area contributed by atoms with Gasteiger partial charge in [0.1, 0.15) is 11.5 Å². The SMILES string of the molecule is O=C(N1CCC(c2ccc(Oc3ccccc3)cc2)C1)C1(c2ccc(Cl)cc2)CC1. The number of carbonyl (C=O) groups is 1. The van der Waals surface area contributed by atoms with Crippen LogP contribution in [0.1, 0.15) is 36.3 Å². The van der Waals surface area contributed by atoms with E-state index in [2.05, 4.69) is 17.0 Å². The number of amides is 1. The zero-order valence-electron chi connectivity index (χ0n) is 16.8. The molecule has 3 aromatic carbocycles. The predicted octanol–water partition coefficient (Wildman–Crippen LogP) is 6.18. The van der Waals surface area contributed by atoms with Gasteiger partial charge in [-0.25, -0.2) is 0 Å². The van der Waals surface area contributed by atoms with Crippen LogP contribution in [0.5, 0.6) is 11.5 Å². The zero-order valence-corrected chi connectivity index (χ0v) is 17.5. The van der Waals surface area contributed by atoms with Gasteiger partial charge in [0.15, 0.2) is 0 Å². The number of hydrogen-bond donors (Lipinski definition) is 0. The first-order chi connectivity index (χ1) is 14.6. The molecular formula is C26H24ClNO2. The molecule has 1 unspecified atom stereocenters. The number of benzene rings is 3. The summed E-state index contributed by atoms with van der Waals surface area (Å²) >= 11 is 6.03. The van der Waals surface area contributed by atoms with Crippen LogP contribution >= 0.6 is 11.6 Å². The molecule has 2 fully saturated rings. The van der Waals surface area contributed by atoms with E-state index >= 15 is 0 Å². The Morgan fingerprint density at radius 1 is 0.900 bits per heavy atom. The molecule has 0 bridgehead atoms. The number of para-hydroxylation sites is 1. The first kappa shape index (κ1) is 19.2. The molecule has 5 rings (SSSR count). The minimum Gasteiger partial charge on any atom is -0.457 e. The van der Waals surface area contributed by atoms with Gasteiger partial charge < -0.3 is 9.64 Å². The zero-order chi connectivity index (χ0) is 20.6. The van der Waals surface area contributed by atoms with E-state index in [0.29, 0.717) is 10.9 Å². The molecule has 0 N–H and O–H groups in total. The predicted molar refractivity (Wildman–Crippen MR) is 119 cm³/mol. The second kappa shape index (κ2) is 7.81. The molecule has 4 heteroatoms. The molecule has 3 nitrogen and oxygen atoms in total. The fourth-order valence-electron chi connectivity index (χ4n) is 4.47. The summed E-state index contributed by atoms with van der Waals surface area (Å²) in [4.78, 5) is 15.4. The monoisotopic (exact) mass is 417 g/mol. The average molecular weight is 418 g/mol. The van der Waals surface area contributed by atoms with Crippen LogP contribution < -0.4 is 4.74 Å². The van der Waals surface area contributed by atoms with Crippen molar-refractivity contribution in [1.29, 1.82) is 0 Å². The number of likely N-dealkylation sites (tertiary alicyclic amines) is 1. The maximum atomic E-state index is 13.3. The van der Waals surface area contributed by atoms with Crippen LogP contribution in [-0.2, 0) is 10.2 Å². The van der Waals surface area contributed by atoms with Crippen molar-refractivity contribution in [3.05, 3.63) is 95.0 Å². The number of rotatable bonds is 5. The van der Waals surface area contributed by atoms with Crippen LogP contribution in [0.25, 0.3) is 0 Å². The lowest BCUT2D eigenvalue weighted by atomic mass is 9.94. The van der Waals surface area contributed by atoms with Gasteiger partial charge in [0.25, 0.3) is 0 Å². The molecule has 0 aromatic heterocycles. The Labute approximate surface area is 182 Å². The van der Waals surface area contributed by atoms with Crippen molar-refractivity contribution in [3.8, 4) is 11.5 Å². The standard InChI is InChI=1S/C26H24ClNO2/c27-22-10-8-21(9-11-22)26(15-16-26)25(29)28-17-14-20(18-28)19-6-12-24(13-7-19)30-23-4-2-1-3-5-23/h1-13,20H,14-18H2. The third-order valence-corrected chi connectivity index (χ3v) is 6.61. The van der Waals surface area contributed by atoms with Gasteiger partial charge in [-0.15, -0.1) is 0 Å². The van der Waals surface area contributed by atoms with Gasteiger partial charge in [0.2, 0.25) is 5.91 Å². The van der Waals surface area contributed by atoms with E-state index in [1.807, 2.05) is 66.7 Å². The van der Waals surface area contributed by atoms with Gasteiger partial charge in [-0.2, -0.15) is 0 Å². The van der Waals surface area contributed by atoms with Gasteiger partial charge in [-0.3, -0.25) is 4.79 Å².